The lowest BCUT2D eigenvalue weighted by Crippen LogP contribution is -2.40. The molecule has 0 bridgehead atoms. The molecule has 0 aliphatic heterocycles. The monoisotopic (exact) mass is 264 g/mol. The molecule has 1 aromatic rings. The van der Waals surface area contributed by atoms with E-state index in [2.05, 4.69) is 4.98 Å². The molecule has 1 aliphatic rings. The number of ether oxygens (including phenoxy) is 1. The number of carbonyl (C=O) groups excluding carboxylic acids is 1. The molecule has 19 heavy (non-hydrogen) atoms. The Bertz CT molecular complexity index is 418. The second kappa shape index (κ2) is 6.33. The summed E-state index contributed by atoms with van der Waals surface area (Å²) >= 11 is 0. The van der Waals surface area contributed by atoms with E-state index < -0.39 is 5.60 Å². The van der Waals surface area contributed by atoms with Gasteiger partial charge in [0.05, 0.1) is 0 Å². The minimum atomic E-state index is -0.526. The van der Waals surface area contributed by atoms with E-state index in [1.807, 2.05) is 17.8 Å². The number of hydrogen-bond donors (Lipinski definition) is 0. The van der Waals surface area contributed by atoms with Gasteiger partial charge in [-0.2, -0.15) is 0 Å². The lowest BCUT2D eigenvalue weighted by atomic mass is 9.87. The van der Waals surface area contributed by atoms with Crippen molar-refractivity contribution in [3.8, 4) is 0 Å². The predicted octanol–water partition coefficient (Wildman–Crippen LogP) is 2.66. The Morgan fingerprint density at radius 2 is 2.05 bits per heavy atom. The second-order valence-corrected chi connectivity index (χ2v) is 5.49. The lowest BCUT2D eigenvalue weighted by Gasteiger charge is -2.29. The summed E-state index contributed by atoms with van der Waals surface area (Å²) in [6.07, 6.45) is 11.3. The fourth-order valence-electron chi connectivity index (χ4n) is 2.99. The molecule has 0 saturated heterocycles. The van der Waals surface area contributed by atoms with E-state index in [0.29, 0.717) is 12.8 Å². The number of methoxy groups -OCH3 is 1. The largest absolute Gasteiger partial charge is 0.370 e. The van der Waals surface area contributed by atoms with Gasteiger partial charge in [0.1, 0.15) is 11.4 Å². The molecule has 4 heteroatoms. The van der Waals surface area contributed by atoms with E-state index in [1.165, 1.54) is 12.8 Å². The summed E-state index contributed by atoms with van der Waals surface area (Å²) in [5, 5.41) is 0. The van der Waals surface area contributed by atoms with Gasteiger partial charge < -0.3 is 9.30 Å². The van der Waals surface area contributed by atoms with Crippen LogP contribution in [0.15, 0.2) is 12.4 Å². The average Bonchev–Trinajstić information content (AvgIpc) is 2.68. The Balaban J connectivity index is 1.98. The van der Waals surface area contributed by atoms with Crippen LogP contribution < -0.4 is 0 Å². The molecule has 0 amide bonds. The maximum atomic E-state index is 12.5. The maximum Gasteiger partial charge on any atom is 0.165 e. The van der Waals surface area contributed by atoms with Crippen molar-refractivity contribution in [1.82, 2.24) is 9.55 Å². The standard InChI is InChI=1S/C15H24N2O2/c1-17-12-11-16-14(17)8-7-13(18)15(19-2)9-5-3-4-6-10-15/h11-12H,3-10H2,1-2H3. The fourth-order valence-corrected chi connectivity index (χ4v) is 2.99. The molecule has 1 heterocycles. The molecule has 0 aromatic carbocycles. The van der Waals surface area contributed by atoms with Crippen LogP contribution in [-0.2, 0) is 23.0 Å². The van der Waals surface area contributed by atoms with Gasteiger partial charge in [0.2, 0.25) is 0 Å². The first-order valence-corrected chi connectivity index (χ1v) is 7.22. The van der Waals surface area contributed by atoms with E-state index in [4.69, 9.17) is 4.74 Å². The van der Waals surface area contributed by atoms with Crippen LogP contribution in [0.2, 0.25) is 0 Å². The summed E-state index contributed by atoms with van der Waals surface area (Å²) in [5.74, 6) is 1.22. The molecule has 0 unspecified atom stereocenters. The van der Waals surface area contributed by atoms with Crippen LogP contribution in [0.5, 0.6) is 0 Å². The van der Waals surface area contributed by atoms with E-state index in [1.54, 1.807) is 13.3 Å². The summed E-state index contributed by atoms with van der Waals surface area (Å²) in [4.78, 5) is 16.8. The van der Waals surface area contributed by atoms with Gasteiger partial charge >= 0.3 is 0 Å². The first kappa shape index (κ1) is 14.3. The normalized spacial score (nSPS) is 19.1. The lowest BCUT2D eigenvalue weighted by molar-refractivity contribution is -0.142. The van der Waals surface area contributed by atoms with Crippen LogP contribution >= 0.6 is 0 Å². The van der Waals surface area contributed by atoms with Crippen LogP contribution in [0.4, 0.5) is 0 Å². The van der Waals surface area contributed by atoms with Gasteiger partial charge in [0.15, 0.2) is 5.78 Å². The highest BCUT2D eigenvalue weighted by atomic mass is 16.5. The van der Waals surface area contributed by atoms with Gasteiger partial charge in [-0.1, -0.05) is 25.7 Å². The molecule has 0 N–H and O–H groups in total. The smallest absolute Gasteiger partial charge is 0.165 e. The summed E-state index contributed by atoms with van der Waals surface area (Å²) in [5.41, 5.74) is -0.526. The van der Waals surface area contributed by atoms with Crippen LogP contribution in [0.3, 0.4) is 0 Å². The van der Waals surface area contributed by atoms with Gasteiger partial charge in [-0.25, -0.2) is 4.98 Å². The van der Waals surface area contributed by atoms with E-state index in [0.717, 1.165) is 31.5 Å². The minimum Gasteiger partial charge on any atom is -0.370 e. The van der Waals surface area contributed by atoms with E-state index in [9.17, 15) is 4.79 Å². The third-order valence-corrected chi connectivity index (χ3v) is 4.31. The number of Topliss-reactive ketones (excluding diaryl/α,β-unsaturated/α-hetero) is 1. The highest BCUT2D eigenvalue weighted by Crippen LogP contribution is 2.32. The zero-order chi connectivity index (χ0) is 13.7. The summed E-state index contributed by atoms with van der Waals surface area (Å²) in [6.45, 7) is 0. The zero-order valence-corrected chi connectivity index (χ0v) is 12.0. The van der Waals surface area contributed by atoms with E-state index >= 15 is 0 Å². The Morgan fingerprint density at radius 3 is 2.58 bits per heavy atom. The molecule has 106 valence electrons. The van der Waals surface area contributed by atoms with Gasteiger partial charge in [-0.3, -0.25) is 4.79 Å². The molecule has 1 aromatic heterocycles. The average molecular weight is 264 g/mol. The topological polar surface area (TPSA) is 44.1 Å². The van der Waals surface area contributed by atoms with Crippen LogP contribution in [0.1, 0.15) is 50.8 Å². The quantitative estimate of drug-likeness (QED) is 0.768. The number of nitrogens with zero attached hydrogens (tertiary/aromatic N) is 2. The van der Waals surface area contributed by atoms with Crippen molar-refractivity contribution in [3.63, 3.8) is 0 Å². The fraction of sp³-hybridized carbons (Fsp3) is 0.733. The van der Waals surface area contributed by atoms with Crippen molar-refractivity contribution >= 4 is 5.78 Å². The Kier molecular flexibility index (Phi) is 4.75. The number of rotatable bonds is 5. The van der Waals surface area contributed by atoms with Crippen molar-refractivity contribution in [3.05, 3.63) is 18.2 Å². The summed E-state index contributed by atoms with van der Waals surface area (Å²) < 4.78 is 7.62. The molecule has 4 nitrogen and oxygen atoms in total. The minimum absolute atomic E-state index is 0.250. The third-order valence-electron chi connectivity index (χ3n) is 4.31. The predicted molar refractivity (Wildman–Crippen MR) is 74.0 cm³/mol. The van der Waals surface area contributed by atoms with Crippen LogP contribution in [0.25, 0.3) is 0 Å². The number of imidazole rings is 1. The van der Waals surface area contributed by atoms with Crippen molar-refractivity contribution in [2.75, 3.05) is 7.11 Å². The number of ketones is 1. The molecule has 0 spiro atoms. The zero-order valence-electron chi connectivity index (χ0n) is 12.0. The molecule has 0 radical (unpaired) electrons. The van der Waals surface area contributed by atoms with Crippen molar-refractivity contribution in [1.29, 1.82) is 0 Å². The first-order valence-electron chi connectivity index (χ1n) is 7.22. The highest BCUT2D eigenvalue weighted by molar-refractivity contribution is 5.87. The van der Waals surface area contributed by atoms with Crippen molar-refractivity contribution < 1.29 is 9.53 Å². The summed E-state index contributed by atoms with van der Waals surface area (Å²) in [7, 11) is 3.65. The van der Waals surface area contributed by atoms with Crippen molar-refractivity contribution in [2.24, 2.45) is 7.05 Å². The molecule has 1 fully saturated rings. The Labute approximate surface area is 115 Å². The first-order chi connectivity index (χ1) is 9.18. The van der Waals surface area contributed by atoms with Crippen LogP contribution in [0, 0.1) is 0 Å². The highest BCUT2D eigenvalue weighted by Gasteiger charge is 2.37. The van der Waals surface area contributed by atoms with Crippen LogP contribution in [-0.4, -0.2) is 28.0 Å². The third kappa shape index (κ3) is 3.24. The Morgan fingerprint density at radius 1 is 1.37 bits per heavy atom. The Hall–Kier alpha value is -1.16. The molecule has 0 atom stereocenters. The SMILES string of the molecule is COC1(C(=O)CCc2nccn2C)CCCCCC1. The summed E-state index contributed by atoms with van der Waals surface area (Å²) in [6, 6.07) is 0. The maximum absolute atomic E-state index is 12.5. The molecular formula is C15H24N2O2. The van der Waals surface area contributed by atoms with E-state index in [-0.39, 0.29) is 5.78 Å². The van der Waals surface area contributed by atoms with Crippen molar-refractivity contribution in [2.45, 2.75) is 57.0 Å². The number of carbonyl (C=O) groups is 1. The molecule has 1 saturated carbocycles. The molecular weight excluding hydrogens is 240 g/mol. The van der Waals surface area contributed by atoms with Gasteiger partial charge in [0.25, 0.3) is 0 Å². The number of aryl methyl sites for hydroxylation is 2. The molecule has 2 rings (SSSR count). The number of aromatic nitrogens is 2. The second-order valence-electron chi connectivity index (χ2n) is 5.49. The van der Waals surface area contributed by atoms with Gasteiger partial charge in [0, 0.05) is 39.4 Å². The van der Waals surface area contributed by atoms with Gasteiger partial charge in [-0.15, -0.1) is 0 Å². The van der Waals surface area contributed by atoms with Gasteiger partial charge in [-0.05, 0) is 12.8 Å². The molecule has 1 aliphatic carbocycles. The number of hydrogen-bond acceptors (Lipinski definition) is 3.